The van der Waals surface area contributed by atoms with Crippen molar-refractivity contribution in [3.05, 3.63) is 29.8 Å². The number of para-hydroxylation sites is 1. The summed E-state index contributed by atoms with van der Waals surface area (Å²) < 4.78 is 5.46. The van der Waals surface area contributed by atoms with E-state index >= 15 is 0 Å². The molecule has 2 rings (SSSR count). The van der Waals surface area contributed by atoms with Crippen LogP contribution in [0.25, 0.3) is 0 Å². The van der Waals surface area contributed by atoms with Crippen LogP contribution < -0.4 is 10.1 Å². The summed E-state index contributed by atoms with van der Waals surface area (Å²) >= 11 is 0. The molecule has 0 radical (unpaired) electrons. The van der Waals surface area contributed by atoms with E-state index < -0.39 is 0 Å². The molecule has 0 spiro atoms. The lowest BCUT2D eigenvalue weighted by Crippen LogP contribution is -2.30. The van der Waals surface area contributed by atoms with E-state index in [0.29, 0.717) is 12.0 Å². The zero-order valence-electron chi connectivity index (χ0n) is 12.6. The Bertz CT molecular complexity index is 400. The number of aliphatic hydroxyl groups is 1. The fraction of sp³-hybridized carbons (Fsp3) is 0.647. The molecule has 112 valence electrons. The maximum Gasteiger partial charge on any atom is 0.123 e. The Hall–Kier alpha value is -1.06. The Morgan fingerprint density at radius 2 is 1.95 bits per heavy atom. The second-order valence-electron chi connectivity index (χ2n) is 5.79. The number of benzene rings is 1. The second-order valence-corrected chi connectivity index (χ2v) is 5.79. The van der Waals surface area contributed by atoms with Crippen LogP contribution in [-0.4, -0.2) is 24.9 Å². The quantitative estimate of drug-likeness (QED) is 0.838. The highest BCUT2D eigenvalue weighted by Gasteiger charge is 2.21. The molecule has 2 N–H and O–H groups in total. The zero-order chi connectivity index (χ0) is 14.4. The minimum atomic E-state index is -0.0672. The summed E-state index contributed by atoms with van der Waals surface area (Å²) in [4.78, 5) is 0. The van der Waals surface area contributed by atoms with Crippen molar-refractivity contribution in [2.45, 2.75) is 51.2 Å². The molecule has 0 bridgehead atoms. The van der Waals surface area contributed by atoms with Gasteiger partial charge in [-0.3, -0.25) is 0 Å². The highest BCUT2D eigenvalue weighted by atomic mass is 16.5. The van der Waals surface area contributed by atoms with E-state index in [9.17, 15) is 5.11 Å². The van der Waals surface area contributed by atoms with E-state index in [1.54, 1.807) is 7.11 Å². The third-order valence-corrected chi connectivity index (χ3v) is 4.39. The van der Waals surface area contributed by atoms with Gasteiger partial charge in [0.1, 0.15) is 5.75 Å². The lowest BCUT2D eigenvalue weighted by Gasteiger charge is -2.28. The first-order valence-electron chi connectivity index (χ1n) is 7.79. The molecule has 1 unspecified atom stereocenters. The van der Waals surface area contributed by atoms with Crippen molar-refractivity contribution < 1.29 is 9.84 Å². The van der Waals surface area contributed by atoms with Crippen LogP contribution >= 0.6 is 0 Å². The summed E-state index contributed by atoms with van der Waals surface area (Å²) in [6.07, 6.45) is 5.17. The summed E-state index contributed by atoms with van der Waals surface area (Å²) in [5.74, 6) is 1.66. The van der Waals surface area contributed by atoms with Crippen molar-refractivity contribution in [2.24, 2.45) is 5.92 Å². The zero-order valence-corrected chi connectivity index (χ0v) is 12.6. The van der Waals surface area contributed by atoms with Gasteiger partial charge >= 0.3 is 0 Å². The highest BCUT2D eigenvalue weighted by molar-refractivity contribution is 5.35. The summed E-state index contributed by atoms with van der Waals surface area (Å²) in [7, 11) is 1.73. The minimum Gasteiger partial charge on any atom is -0.496 e. The molecular weight excluding hydrogens is 250 g/mol. The van der Waals surface area contributed by atoms with E-state index in [-0.39, 0.29) is 6.10 Å². The first-order valence-corrected chi connectivity index (χ1v) is 7.79. The predicted octanol–water partition coefficient (Wildman–Crippen LogP) is 3.29. The molecule has 0 heterocycles. The average molecular weight is 277 g/mol. The van der Waals surface area contributed by atoms with Crippen LogP contribution in [0.4, 0.5) is 0 Å². The molecule has 0 aliphatic heterocycles. The molecule has 1 aliphatic carbocycles. The highest BCUT2D eigenvalue weighted by Crippen LogP contribution is 2.28. The maximum atomic E-state index is 9.56. The van der Waals surface area contributed by atoms with E-state index in [1.807, 2.05) is 12.1 Å². The van der Waals surface area contributed by atoms with E-state index in [2.05, 4.69) is 24.4 Å². The van der Waals surface area contributed by atoms with Crippen molar-refractivity contribution in [3.8, 4) is 5.75 Å². The molecular formula is C17H27NO2. The molecule has 1 atom stereocenters. The van der Waals surface area contributed by atoms with Gasteiger partial charge in [-0.2, -0.15) is 0 Å². The van der Waals surface area contributed by atoms with Crippen molar-refractivity contribution in [2.75, 3.05) is 13.7 Å². The average Bonchev–Trinajstić information content (AvgIpc) is 2.50. The number of hydrogen-bond acceptors (Lipinski definition) is 3. The third-order valence-electron chi connectivity index (χ3n) is 4.39. The van der Waals surface area contributed by atoms with Gasteiger partial charge in [-0.05, 0) is 50.6 Å². The van der Waals surface area contributed by atoms with E-state index in [1.165, 1.54) is 5.56 Å². The SMILES string of the molecule is CCC(NCC1CCC(O)CC1)c1ccccc1OC. The van der Waals surface area contributed by atoms with Crippen molar-refractivity contribution in [1.82, 2.24) is 5.32 Å². The Balaban J connectivity index is 1.92. The second kappa shape index (κ2) is 7.65. The monoisotopic (exact) mass is 277 g/mol. The summed E-state index contributed by atoms with van der Waals surface area (Å²) in [6, 6.07) is 8.59. The van der Waals surface area contributed by atoms with Crippen LogP contribution in [0.5, 0.6) is 5.75 Å². The fourth-order valence-corrected chi connectivity index (χ4v) is 3.09. The predicted molar refractivity (Wildman–Crippen MR) is 82.0 cm³/mol. The number of rotatable bonds is 6. The van der Waals surface area contributed by atoms with Gasteiger partial charge in [-0.15, -0.1) is 0 Å². The van der Waals surface area contributed by atoms with Gasteiger partial charge in [0.05, 0.1) is 13.2 Å². The van der Waals surface area contributed by atoms with Crippen LogP contribution in [0, 0.1) is 5.92 Å². The first-order chi connectivity index (χ1) is 9.74. The number of hydrogen-bond donors (Lipinski definition) is 2. The molecule has 1 aliphatic rings. The van der Waals surface area contributed by atoms with Crippen LogP contribution in [0.3, 0.4) is 0 Å². The van der Waals surface area contributed by atoms with Gasteiger partial charge in [0.25, 0.3) is 0 Å². The number of aliphatic hydroxyl groups excluding tert-OH is 1. The molecule has 1 aromatic rings. The van der Waals surface area contributed by atoms with Crippen LogP contribution in [0.1, 0.15) is 50.6 Å². The van der Waals surface area contributed by atoms with Crippen molar-refractivity contribution >= 4 is 0 Å². The number of ether oxygens (including phenoxy) is 1. The Morgan fingerprint density at radius 1 is 1.25 bits per heavy atom. The van der Waals surface area contributed by atoms with Crippen LogP contribution in [-0.2, 0) is 0 Å². The normalized spacial score (nSPS) is 24.4. The van der Waals surface area contributed by atoms with Crippen LogP contribution in [0.2, 0.25) is 0 Å². The topological polar surface area (TPSA) is 41.5 Å². The molecule has 0 aromatic heterocycles. The number of methoxy groups -OCH3 is 1. The molecule has 20 heavy (non-hydrogen) atoms. The van der Waals surface area contributed by atoms with E-state index in [4.69, 9.17) is 4.74 Å². The molecule has 1 aromatic carbocycles. The fourth-order valence-electron chi connectivity index (χ4n) is 3.09. The van der Waals surface area contributed by atoms with Gasteiger partial charge < -0.3 is 15.2 Å². The molecule has 0 amide bonds. The van der Waals surface area contributed by atoms with Gasteiger partial charge in [-0.1, -0.05) is 25.1 Å². The van der Waals surface area contributed by atoms with Gasteiger partial charge in [0.15, 0.2) is 0 Å². The summed E-state index contributed by atoms with van der Waals surface area (Å²) in [5, 5.41) is 13.2. The molecule has 0 saturated heterocycles. The Labute approximate surface area is 122 Å². The smallest absolute Gasteiger partial charge is 0.123 e. The van der Waals surface area contributed by atoms with Crippen LogP contribution in [0.15, 0.2) is 24.3 Å². The molecule has 3 nitrogen and oxygen atoms in total. The summed E-state index contributed by atoms with van der Waals surface area (Å²) in [6.45, 7) is 3.23. The van der Waals surface area contributed by atoms with Gasteiger partial charge in [0.2, 0.25) is 0 Å². The summed E-state index contributed by atoms with van der Waals surface area (Å²) in [5.41, 5.74) is 1.24. The third kappa shape index (κ3) is 3.97. The first kappa shape index (κ1) is 15.3. The van der Waals surface area contributed by atoms with Crippen molar-refractivity contribution in [1.29, 1.82) is 0 Å². The van der Waals surface area contributed by atoms with Gasteiger partial charge in [-0.25, -0.2) is 0 Å². The Morgan fingerprint density at radius 3 is 2.60 bits per heavy atom. The standard InChI is InChI=1S/C17H27NO2/c1-3-16(15-6-4-5-7-17(15)20-2)18-12-13-8-10-14(19)11-9-13/h4-7,13-14,16,18-19H,3,8-12H2,1-2H3. The lowest BCUT2D eigenvalue weighted by molar-refractivity contribution is 0.107. The van der Waals surface area contributed by atoms with Gasteiger partial charge in [0, 0.05) is 11.6 Å². The molecule has 1 saturated carbocycles. The largest absolute Gasteiger partial charge is 0.496 e. The molecule has 1 fully saturated rings. The Kier molecular flexibility index (Phi) is 5.86. The lowest BCUT2D eigenvalue weighted by atomic mass is 9.87. The minimum absolute atomic E-state index is 0.0672. The van der Waals surface area contributed by atoms with E-state index in [0.717, 1.165) is 44.4 Å². The number of nitrogens with one attached hydrogen (secondary N) is 1. The molecule has 3 heteroatoms. The maximum absolute atomic E-state index is 9.56. The van der Waals surface area contributed by atoms with Crippen molar-refractivity contribution in [3.63, 3.8) is 0 Å².